The molecule has 3 heterocycles. The second-order valence-electron chi connectivity index (χ2n) is 6.72. The largest absolute Gasteiger partial charge is 0.377 e. The first-order valence-electron chi connectivity index (χ1n) is 7.93. The quantitative estimate of drug-likeness (QED) is 0.867. The number of aromatic nitrogens is 2. The Kier molecular flexibility index (Phi) is 3.64. The van der Waals surface area contributed by atoms with E-state index >= 15 is 0 Å². The van der Waals surface area contributed by atoms with Crippen LogP contribution in [0.3, 0.4) is 0 Å². The Morgan fingerprint density at radius 1 is 1.09 bits per heavy atom. The van der Waals surface area contributed by atoms with Gasteiger partial charge in [-0.3, -0.25) is 4.90 Å². The van der Waals surface area contributed by atoms with Crippen LogP contribution < -0.4 is 0 Å². The van der Waals surface area contributed by atoms with Crippen molar-refractivity contribution in [2.24, 2.45) is 5.41 Å². The molecule has 0 bridgehead atoms. The minimum Gasteiger partial charge on any atom is -0.377 e. The first-order valence-corrected chi connectivity index (χ1v) is 7.93. The smallest absolute Gasteiger partial charge is 0.115 e. The summed E-state index contributed by atoms with van der Waals surface area (Å²) in [6, 6.07) is 10.7. The van der Waals surface area contributed by atoms with Gasteiger partial charge in [-0.25, -0.2) is 9.97 Å². The average Bonchev–Trinajstić information content (AvgIpc) is 2.93. The number of likely N-dealkylation sites (tertiary alicyclic amines) is 1. The van der Waals surface area contributed by atoms with Crippen molar-refractivity contribution in [1.29, 1.82) is 0 Å². The minimum absolute atomic E-state index is 0.324. The fourth-order valence-corrected chi connectivity index (χ4v) is 3.80. The molecule has 4 nitrogen and oxygen atoms in total. The first kappa shape index (κ1) is 13.9. The second-order valence-corrected chi connectivity index (χ2v) is 6.72. The fourth-order valence-electron chi connectivity index (χ4n) is 3.80. The van der Waals surface area contributed by atoms with Crippen LogP contribution in [-0.2, 0) is 17.7 Å². The van der Waals surface area contributed by atoms with Crippen molar-refractivity contribution in [3.05, 3.63) is 60.2 Å². The molecule has 0 N–H and O–H groups in total. The van der Waals surface area contributed by atoms with E-state index < -0.39 is 0 Å². The van der Waals surface area contributed by atoms with Crippen molar-refractivity contribution in [3.8, 4) is 0 Å². The molecular formula is C18H21N3O. The predicted molar refractivity (Wildman–Crippen MR) is 84.2 cm³/mol. The summed E-state index contributed by atoms with van der Waals surface area (Å²) in [6.07, 6.45) is 7.78. The number of hydrogen-bond acceptors (Lipinski definition) is 4. The van der Waals surface area contributed by atoms with Crippen molar-refractivity contribution in [2.45, 2.75) is 25.5 Å². The van der Waals surface area contributed by atoms with Crippen molar-refractivity contribution < 1.29 is 4.74 Å². The molecule has 4 heteroatoms. The van der Waals surface area contributed by atoms with Gasteiger partial charge in [-0.05, 0) is 17.5 Å². The summed E-state index contributed by atoms with van der Waals surface area (Å²) in [5, 5.41) is 0. The van der Waals surface area contributed by atoms with Crippen molar-refractivity contribution in [1.82, 2.24) is 14.9 Å². The molecule has 1 atom stereocenters. The molecule has 2 fully saturated rings. The monoisotopic (exact) mass is 295 g/mol. The Bertz CT molecular complexity index is 611. The van der Waals surface area contributed by atoms with Crippen molar-refractivity contribution in [2.75, 3.05) is 19.7 Å². The molecule has 2 saturated heterocycles. The Hall–Kier alpha value is -1.78. The lowest BCUT2D eigenvalue weighted by Gasteiger charge is -2.47. The lowest BCUT2D eigenvalue weighted by atomic mass is 9.77. The zero-order valence-corrected chi connectivity index (χ0v) is 12.7. The Morgan fingerprint density at radius 3 is 2.64 bits per heavy atom. The lowest BCUT2D eigenvalue weighted by Crippen LogP contribution is -2.56. The zero-order chi connectivity index (χ0) is 14.8. The van der Waals surface area contributed by atoms with E-state index in [4.69, 9.17) is 4.74 Å². The summed E-state index contributed by atoms with van der Waals surface area (Å²) in [4.78, 5) is 10.7. The van der Waals surface area contributed by atoms with Gasteiger partial charge in [-0.1, -0.05) is 30.3 Å². The third kappa shape index (κ3) is 2.89. The molecule has 4 rings (SSSR count). The highest BCUT2D eigenvalue weighted by Crippen LogP contribution is 2.42. The Labute approximate surface area is 131 Å². The standard InChI is InChI=1S/C18H21N3O/c1-2-4-15(5-3-1)10-21-11-18(12-21)7-17(22-13-18)6-16-8-19-14-20-9-16/h1-5,8-9,14,17H,6-7,10-13H2. The number of hydrogen-bond donors (Lipinski definition) is 0. The fraction of sp³-hybridized carbons (Fsp3) is 0.444. The SMILES string of the molecule is c1ccc(CN2CC3(COC(Cc4cncnc4)C3)C2)cc1. The third-order valence-corrected chi connectivity index (χ3v) is 4.73. The highest BCUT2D eigenvalue weighted by Gasteiger charge is 2.48. The number of nitrogens with zero attached hydrogens (tertiary/aromatic N) is 3. The number of rotatable bonds is 4. The van der Waals surface area contributed by atoms with Gasteiger partial charge in [0, 0.05) is 43.9 Å². The molecule has 114 valence electrons. The van der Waals surface area contributed by atoms with Crippen LogP contribution in [0.5, 0.6) is 0 Å². The maximum Gasteiger partial charge on any atom is 0.115 e. The van der Waals surface area contributed by atoms with Crippen LogP contribution in [0.4, 0.5) is 0 Å². The van der Waals surface area contributed by atoms with Crippen LogP contribution in [0, 0.1) is 5.41 Å². The zero-order valence-electron chi connectivity index (χ0n) is 12.7. The van der Waals surface area contributed by atoms with Crippen molar-refractivity contribution in [3.63, 3.8) is 0 Å². The van der Waals surface area contributed by atoms with Gasteiger partial charge in [0.2, 0.25) is 0 Å². The maximum atomic E-state index is 6.03. The molecule has 1 unspecified atom stereocenters. The number of ether oxygens (including phenoxy) is 1. The molecule has 1 aromatic carbocycles. The first-order chi connectivity index (χ1) is 10.8. The molecule has 2 aliphatic heterocycles. The van der Waals surface area contributed by atoms with E-state index in [2.05, 4.69) is 45.2 Å². The summed E-state index contributed by atoms with van der Waals surface area (Å²) < 4.78 is 6.03. The average molecular weight is 295 g/mol. The van der Waals surface area contributed by atoms with Gasteiger partial charge >= 0.3 is 0 Å². The highest BCUT2D eigenvalue weighted by atomic mass is 16.5. The van der Waals surface area contributed by atoms with Crippen LogP contribution in [0.25, 0.3) is 0 Å². The summed E-state index contributed by atoms with van der Waals surface area (Å²) in [5.41, 5.74) is 2.95. The van der Waals surface area contributed by atoms with E-state index in [0.29, 0.717) is 11.5 Å². The van der Waals surface area contributed by atoms with Gasteiger partial charge in [0.25, 0.3) is 0 Å². The van der Waals surface area contributed by atoms with E-state index in [-0.39, 0.29) is 0 Å². The number of benzene rings is 1. The molecule has 2 aliphatic rings. The van der Waals surface area contributed by atoms with E-state index in [1.165, 1.54) is 11.1 Å². The third-order valence-electron chi connectivity index (χ3n) is 4.73. The molecule has 0 saturated carbocycles. The van der Waals surface area contributed by atoms with Gasteiger partial charge in [-0.15, -0.1) is 0 Å². The summed E-state index contributed by atoms with van der Waals surface area (Å²) in [7, 11) is 0. The topological polar surface area (TPSA) is 38.2 Å². The van der Waals surface area contributed by atoms with E-state index in [0.717, 1.165) is 39.1 Å². The molecule has 1 aromatic heterocycles. The molecule has 0 amide bonds. The Morgan fingerprint density at radius 2 is 1.86 bits per heavy atom. The van der Waals surface area contributed by atoms with Gasteiger partial charge in [0.15, 0.2) is 0 Å². The lowest BCUT2D eigenvalue weighted by molar-refractivity contribution is -0.0140. The molecule has 0 radical (unpaired) electrons. The van der Waals surface area contributed by atoms with Gasteiger partial charge in [0.1, 0.15) is 6.33 Å². The second kappa shape index (κ2) is 5.78. The van der Waals surface area contributed by atoms with Crippen LogP contribution in [0.1, 0.15) is 17.5 Å². The minimum atomic E-state index is 0.324. The maximum absolute atomic E-state index is 6.03. The van der Waals surface area contributed by atoms with Crippen LogP contribution in [0.15, 0.2) is 49.1 Å². The van der Waals surface area contributed by atoms with Crippen LogP contribution in [0.2, 0.25) is 0 Å². The summed E-state index contributed by atoms with van der Waals surface area (Å²) in [5.74, 6) is 0. The normalized spacial score (nSPS) is 23.5. The molecular weight excluding hydrogens is 274 g/mol. The van der Waals surface area contributed by atoms with Gasteiger partial charge in [-0.2, -0.15) is 0 Å². The summed E-state index contributed by atoms with van der Waals surface area (Å²) in [6.45, 7) is 4.27. The van der Waals surface area contributed by atoms with E-state index in [1.807, 2.05) is 12.4 Å². The Balaban J connectivity index is 1.29. The molecule has 1 spiro atoms. The van der Waals surface area contributed by atoms with Crippen molar-refractivity contribution >= 4 is 0 Å². The van der Waals surface area contributed by atoms with Gasteiger partial charge < -0.3 is 4.74 Å². The highest BCUT2D eigenvalue weighted by molar-refractivity contribution is 5.16. The van der Waals surface area contributed by atoms with E-state index in [1.54, 1.807) is 6.33 Å². The molecule has 0 aliphatic carbocycles. The summed E-state index contributed by atoms with van der Waals surface area (Å²) >= 11 is 0. The van der Waals surface area contributed by atoms with Crippen LogP contribution in [-0.4, -0.2) is 40.7 Å². The molecule has 2 aromatic rings. The molecule has 22 heavy (non-hydrogen) atoms. The van der Waals surface area contributed by atoms with Gasteiger partial charge in [0.05, 0.1) is 12.7 Å². The van der Waals surface area contributed by atoms with E-state index in [9.17, 15) is 0 Å². The van der Waals surface area contributed by atoms with Crippen LogP contribution >= 0.6 is 0 Å². The predicted octanol–water partition coefficient (Wildman–Crippen LogP) is 2.31.